The van der Waals surface area contributed by atoms with Crippen LogP contribution in [0.1, 0.15) is 0 Å². The van der Waals surface area contributed by atoms with Crippen molar-refractivity contribution in [3.63, 3.8) is 0 Å². The third-order valence-electron chi connectivity index (χ3n) is 0. The molecule has 0 saturated carbocycles. The molecule has 45 valence electrons. The summed E-state index contributed by atoms with van der Waals surface area (Å²) >= 11 is 0. The maximum absolute atomic E-state index is 8.52. The summed E-state index contributed by atoms with van der Waals surface area (Å²) in [5, 5.41) is 0. The first-order chi connectivity index (χ1) is 2.00. The van der Waals surface area contributed by atoms with Crippen LogP contribution in [0.4, 0.5) is 0 Å². The fourth-order valence-corrected chi connectivity index (χ4v) is 0. The van der Waals surface area contributed by atoms with Crippen LogP contribution in [0.25, 0.3) is 0 Å². The second kappa shape index (κ2) is 7.95. The Kier molecular flexibility index (Phi) is 22.9. The molecule has 0 saturated heterocycles. The molecule has 0 aliphatic rings. The van der Waals surface area contributed by atoms with Crippen LogP contribution in [0.5, 0.6) is 0 Å². The molecule has 1 radical (unpaired) electrons. The number of hydrogen-bond acceptors (Lipinski definition) is 5. The average Bonchev–Trinajstić information content (AvgIpc) is 0.722. The Morgan fingerprint density at radius 2 is 1.12 bits per heavy atom. The Morgan fingerprint density at radius 3 is 1.12 bits per heavy atom. The van der Waals surface area contributed by atoms with Crippen LogP contribution in [-0.2, 0) is 29.0 Å². The summed E-state index contributed by atoms with van der Waals surface area (Å²) in [5.41, 5.74) is 0. The second-order valence-corrected chi connectivity index (χ2v) is 1.22. The van der Waals surface area contributed by atoms with Crippen LogP contribution in [0.2, 0.25) is 0 Å². The minimum absolute atomic E-state index is 0. The van der Waals surface area contributed by atoms with Gasteiger partial charge in [0.25, 0.3) is 0 Å². The van der Waals surface area contributed by atoms with Gasteiger partial charge in [0, 0.05) is 29.0 Å². The predicted octanol–water partition coefficient (Wildman–Crippen LogP) is -1.56. The topological polar surface area (TPSA) is 115 Å². The molecule has 0 amide bonds. The van der Waals surface area contributed by atoms with Crippen molar-refractivity contribution in [2.45, 2.75) is 0 Å². The van der Waals surface area contributed by atoms with Gasteiger partial charge in [-0.2, -0.15) is 0 Å². The fourth-order valence-electron chi connectivity index (χ4n) is 0. The van der Waals surface area contributed by atoms with Crippen LogP contribution in [0.3, 0.4) is 0 Å². The zero-order valence-corrected chi connectivity index (χ0v) is 7.14. The standard InChI is InChI=1S/Al.H3N.H2O4S.V/c;;1-5(2,3)4;/h;1H3;(H2,1,2,3,4);/q+3;;;/p-2. The van der Waals surface area contributed by atoms with Gasteiger partial charge in [-0.15, -0.1) is 0 Å². The molecule has 0 atom stereocenters. The minimum atomic E-state index is -5.17. The Hall–Kier alpha value is 0.947. The molecule has 0 rings (SSSR count). The van der Waals surface area contributed by atoms with Crippen molar-refractivity contribution < 1.29 is 36.1 Å². The normalized spacial score (nSPS) is 7.25. The van der Waals surface area contributed by atoms with E-state index in [0.717, 1.165) is 0 Å². The molecule has 0 aliphatic heterocycles. The summed E-state index contributed by atoms with van der Waals surface area (Å²) in [7, 11) is -5.17. The first kappa shape index (κ1) is 23.1. The van der Waals surface area contributed by atoms with Crippen molar-refractivity contribution in [1.82, 2.24) is 6.15 Å². The van der Waals surface area contributed by atoms with E-state index in [0.29, 0.717) is 0 Å². The van der Waals surface area contributed by atoms with Gasteiger partial charge in [-0.05, 0) is 0 Å². The molecule has 0 spiro atoms. The van der Waals surface area contributed by atoms with E-state index in [4.69, 9.17) is 17.5 Å². The molecule has 8 heteroatoms. The Labute approximate surface area is 70.0 Å². The molecular weight excluding hydrogens is 188 g/mol. The summed E-state index contributed by atoms with van der Waals surface area (Å²) in [5.74, 6) is 0. The molecule has 0 aromatic carbocycles. The molecule has 0 aromatic heterocycles. The molecule has 0 bridgehead atoms. The van der Waals surface area contributed by atoms with Crippen LogP contribution < -0.4 is 6.15 Å². The van der Waals surface area contributed by atoms with E-state index in [1.165, 1.54) is 0 Å². The van der Waals surface area contributed by atoms with Crippen LogP contribution in [0, 0.1) is 0 Å². The zero-order valence-electron chi connectivity index (χ0n) is 3.77. The Morgan fingerprint density at radius 1 is 1.12 bits per heavy atom. The maximum atomic E-state index is 8.52. The van der Waals surface area contributed by atoms with E-state index < -0.39 is 10.4 Å². The van der Waals surface area contributed by atoms with Gasteiger partial charge in [0.2, 0.25) is 0 Å². The van der Waals surface area contributed by atoms with Gasteiger partial charge in [0.15, 0.2) is 0 Å². The molecule has 5 nitrogen and oxygen atoms in total. The van der Waals surface area contributed by atoms with E-state index in [-0.39, 0.29) is 42.1 Å². The maximum Gasteiger partial charge on any atom is 3.00 e. The number of rotatable bonds is 0. The van der Waals surface area contributed by atoms with E-state index in [9.17, 15) is 0 Å². The van der Waals surface area contributed by atoms with Gasteiger partial charge in [0.05, 0.1) is 0 Å². The summed E-state index contributed by atoms with van der Waals surface area (Å²) < 4.78 is 34.1. The van der Waals surface area contributed by atoms with Gasteiger partial charge in [0.1, 0.15) is 0 Å². The summed E-state index contributed by atoms with van der Waals surface area (Å²) in [6.45, 7) is 0. The SMILES string of the molecule is N.O=S(=O)([O-])[O-].[Al+3].[V]. The van der Waals surface area contributed by atoms with Gasteiger partial charge < -0.3 is 15.3 Å². The van der Waals surface area contributed by atoms with E-state index in [1.54, 1.807) is 0 Å². The quantitative estimate of drug-likeness (QED) is 0.282. The Balaban J connectivity index is -0.0000000267. The summed E-state index contributed by atoms with van der Waals surface area (Å²) in [6.07, 6.45) is 0. The van der Waals surface area contributed by atoms with Crippen molar-refractivity contribution in [1.29, 1.82) is 0 Å². The molecule has 0 fully saturated rings. The number of hydrogen-bond donors (Lipinski definition) is 1. The zero-order chi connectivity index (χ0) is 4.50. The first-order valence-electron chi connectivity index (χ1n) is 0.667. The fraction of sp³-hybridized carbons (Fsp3) is 0. The van der Waals surface area contributed by atoms with Crippen molar-refractivity contribution in [2.75, 3.05) is 0 Å². The third-order valence-corrected chi connectivity index (χ3v) is 0. The molecule has 8 heavy (non-hydrogen) atoms. The van der Waals surface area contributed by atoms with Gasteiger partial charge in [-0.3, -0.25) is 8.42 Å². The molecule has 0 unspecified atom stereocenters. The van der Waals surface area contributed by atoms with E-state index in [2.05, 4.69) is 0 Å². The predicted molar refractivity (Wildman–Crippen MR) is 21.3 cm³/mol. The van der Waals surface area contributed by atoms with Gasteiger partial charge in [-0.1, -0.05) is 0 Å². The van der Waals surface area contributed by atoms with Crippen LogP contribution >= 0.6 is 0 Å². The summed E-state index contributed by atoms with van der Waals surface area (Å²) in [4.78, 5) is 0. The molecule has 0 heterocycles. The first-order valence-corrected chi connectivity index (χ1v) is 2.00. The van der Waals surface area contributed by atoms with Gasteiger partial charge in [-0.25, -0.2) is 0 Å². The second-order valence-electron chi connectivity index (χ2n) is 0.408. The monoisotopic (exact) mass is 191 g/mol. The van der Waals surface area contributed by atoms with Crippen molar-refractivity contribution in [3.05, 3.63) is 0 Å². The van der Waals surface area contributed by atoms with Crippen LogP contribution in [0.15, 0.2) is 0 Å². The van der Waals surface area contributed by atoms with Gasteiger partial charge >= 0.3 is 17.4 Å². The minimum Gasteiger partial charge on any atom is -0.759 e. The van der Waals surface area contributed by atoms with E-state index in [1.807, 2.05) is 0 Å². The smallest absolute Gasteiger partial charge is 0.759 e. The van der Waals surface area contributed by atoms with Crippen molar-refractivity contribution >= 4 is 27.8 Å². The third kappa shape index (κ3) is 274. The molecule has 0 aliphatic carbocycles. The molecule has 0 aromatic rings. The van der Waals surface area contributed by atoms with E-state index >= 15 is 0 Å². The molecule has 3 N–H and O–H groups in total. The summed E-state index contributed by atoms with van der Waals surface area (Å²) in [6, 6.07) is 0. The van der Waals surface area contributed by atoms with Crippen molar-refractivity contribution in [2.24, 2.45) is 0 Å². The Bertz CT molecular complexity index is 99.2. The van der Waals surface area contributed by atoms with Crippen LogP contribution in [-0.4, -0.2) is 34.9 Å². The molecular formula is H3AlNO4SV+. The average molecular weight is 191 g/mol. The largest absolute Gasteiger partial charge is 3.00 e. The van der Waals surface area contributed by atoms with Crippen molar-refractivity contribution in [3.8, 4) is 0 Å².